The summed E-state index contributed by atoms with van der Waals surface area (Å²) in [6.45, 7) is 3.06. The zero-order chi connectivity index (χ0) is 12.5. The number of H-pyrrole nitrogens is 1. The molecule has 1 unspecified atom stereocenters. The van der Waals surface area contributed by atoms with Gasteiger partial charge in [-0.05, 0) is 31.4 Å². The molecule has 18 heavy (non-hydrogen) atoms. The van der Waals surface area contributed by atoms with Gasteiger partial charge in [-0.3, -0.25) is 4.79 Å². The van der Waals surface area contributed by atoms with E-state index < -0.39 is 0 Å². The van der Waals surface area contributed by atoms with Crippen molar-refractivity contribution in [1.29, 1.82) is 0 Å². The highest BCUT2D eigenvalue weighted by Gasteiger charge is 2.25. The number of hydrogen-bond acceptors (Lipinski definition) is 1. The Hall–Kier alpha value is -1.77. The van der Waals surface area contributed by atoms with Crippen molar-refractivity contribution >= 4 is 16.8 Å². The van der Waals surface area contributed by atoms with E-state index in [2.05, 4.69) is 18.0 Å². The number of para-hydroxylation sites is 1. The first kappa shape index (κ1) is 11.3. The lowest BCUT2D eigenvalue weighted by molar-refractivity contribution is -0.130. The number of fused-ring (bicyclic) bond motifs is 1. The summed E-state index contributed by atoms with van der Waals surface area (Å²) in [5.41, 5.74) is 2.21. The maximum atomic E-state index is 12.3. The summed E-state index contributed by atoms with van der Waals surface area (Å²) < 4.78 is 0. The lowest BCUT2D eigenvalue weighted by atomic mass is 10.1. The van der Waals surface area contributed by atoms with E-state index in [9.17, 15) is 4.79 Å². The third-order valence-electron chi connectivity index (χ3n) is 3.89. The first-order valence-electron chi connectivity index (χ1n) is 6.60. The van der Waals surface area contributed by atoms with E-state index in [1.54, 1.807) is 0 Å². The van der Waals surface area contributed by atoms with E-state index in [4.69, 9.17) is 0 Å². The molecule has 0 saturated carbocycles. The van der Waals surface area contributed by atoms with Gasteiger partial charge in [-0.15, -0.1) is 0 Å². The van der Waals surface area contributed by atoms with Gasteiger partial charge in [0.1, 0.15) is 0 Å². The number of hydrogen-bond donors (Lipinski definition) is 1. The van der Waals surface area contributed by atoms with E-state index in [1.807, 2.05) is 29.3 Å². The fraction of sp³-hybridized carbons (Fsp3) is 0.400. The second-order valence-corrected chi connectivity index (χ2v) is 5.11. The minimum Gasteiger partial charge on any atom is -0.361 e. The highest BCUT2D eigenvalue weighted by molar-refractivity contribution is 5.89. The molecule has 1 atom stereocenters. The van der Waals surface area contributed by atoms with Gasteiger partial charge in [-0.2, -0.15) is 0 Å². The molecule has 3 nitrogen and oxygen atoms in total. The van der Waals surface area contributed by atoms with E-state index in [-0.39, 0.29) is 5.91 Å². The molecule has 1 aromatic heterocycles. The summed E-state index contributed by atoms with van der Waals surface area (Å²) in [7, 11) is 0. The molecule has 1 saturated heterocycles. The zero-order valence-corrected chi connectivity index (χ0v) is 10.6. The van der Waals surface area contributed by atoms with E-state index in [1.165, 1.54) is 0 Å². The maximum absolute atomic E-state index is 12.3. The number of aromatic nitrogens is 1. The quantitative estimate of drug-likeness (QED) is 0.863. The molecule has 0 bridgehead atoms. The molecule has 0 aliphatic carbocycles. The first-order chi connectivity index (χ1) is 8.75. The summed E-state index contributed by atoms with van der Waals surface area (Å²) in [4.78, 5) is 17.5. The molecule has 94 valence electrons. The summed E-state index contributed by atoms with van der Waals surface area (Å²) in [5.74, 6) is 0.254. The van der Waals surface area contributed by atoms with E-state index in [0.717, 1.165) is 35.9 Å². The molecule has 1 aliphatic heterocycles. The maximum Gasteiger partial charge on any atom is 0.227 e. The largest absolute Gasteiger partial charge is 0.361 e. The third kappa shape index (κ3) is 1.90. The van der Waals surface area contributed by atoms with Crippen LogP contribution in [0.1, 0.15) is 25.3 Å². The number of benzene rings is 1. The zero-order valence-electron chi connectivity index (χ0n) is 10.6. The molecule has 2 heterocycles. The van der Waals surface area contributed by atoms with Crippen molar-refractivity contribution in [2.45, 2.75) is 32.2 Å². The normalized spacial score (nSPS) is 19.6. The molecule has 1 N–H and O–H groups in total. The Morgan fingerprint density at radius 1 is 1.44 bits per heavy atom. The van der Waals surface area contributed by atoms with E-state index in [0.29, 0.717) is 12.5 Å². The number of carbonyl (C=O) groups is 1. The van der Waals surface area contributed by atoms with Crippen molar-refractivity contribution in [3.63, 3.8) is 0 Å². The van der Waals surface area contributed by atoms with Gasteiger partial charge in [0.15, 0.2) is 0 Å². The molecule has 2 aromatic rings. The third-order valence-corrected chi connectivity index (χ3v) is 3.89. The highest BCUT2D eigenvalue weighted by atomic mass is 16.2. The number of aromatic amines is 1. The highest BCUT2D eigenvalue weighted by Crippen LogP contribution is 2.21. The predicted molar refractivity (Wildman–Crippen MR) is 72.4 cm³/mol. The van der Waals surface area contributed by atoms with Gasteiger partial charge in [0.25, 0.3) is 0 Å². The summed E-state index contributed by atoms with van der Waals surface area (Å²) >= 11 is 0. The first-order valence-corrected chi connectivity index (χ1v) is 6.60. The molecular formula is C15H18N2O. The topological polar surface area (TPSA) is 36.1 Å². The number of rotatable bonds is 2. The fourth-order valence-electron chi connectivity index (χ4n) is 2.85. The van der Waals surface area contributed by atoms with Gasteiger partial charge in [0.2, 0.25) is 5.91 Å². The molecule has 1 aromatic carbocycles. The molecule has 3 heteroatoms. The van der Waals surface area contributed by atoms with Crippen LogP contribution in [0.4, 0.5) is 0 Å². The number of nitrogens with one attached hydrogen (secondary N) is 1. The lowest BCUT2D eigenvalue weighted by Crippen LogP contribution is -2.34. The Labute approximate surface area is 107 Å². The van der Waals surface area contributed by atoms with Gasteiger partial charge in [-0.25, -0.2) is 0 Å². The molecular weight excluding hydrogens is 224 g/mol. The van der Waals surface area contributed by atoms with Crippen LogP contribution in [0.3, 0.4) is 0 Å². The van der Waals surface area contributed by atoms with Gasteiger partial charge in [0.05, 0.1) is 6.42 Å². The van der Waals surface area contributed by atoms with Gasteiger partial charge < -0.3 is 9.88 Å². The number of amides is 1. The standard InChI is InChI=1S/C15H18N2O/c1-11-5-4-8-17(11)15(18)9-12-10-16-14-7-3-2-6-13(12)14/h2-3,6-7,10-11,16H,4-5,8-9H2,1H3. The summed E-state index contributed by atoms with van der Waals surface area (Å²) in [6.07, 6.45) is 4.75. The van der Waals surface area contributed by atoms with Crippen LogP contribution in [-0.4, -0.2) is 28.4 Å². The van der Waals surface area contributed by atoms with Crippen molar-refractivity contribution in [3.05, 3.63) is 36.0 Å². The van der Waals surface area contributed by atoms with Gasteiger partial charge in [0, 0.05) is 29.7 Å². The molecule has 0 radical (unpaired) electrons. The van der Waals surface area contributed by atoms with Crippen molar-refractivity contribution in [2.24, 2.45) is 0 Å². The van der Waals surface area contributed by atoms with Crippen LogP contribution in [0.5, 0.6) is 0 Å². The minimum atomic E-state index is 0.254. The van der Waals surface area contributed by atoms with Crippen molar-refractivity contribution in [3.8, 4) is 0 Å². The molecule has 1 amide bonds. The number of nitrogens with zero attached hydrogens (tertiary/aromatic N) is 1. The molecule has 1 fully saturated rings. The Balaban J connectivity index is 1.82. The van der Waals surface area contributed by atoms with Gasteiger partial charge >= 0.3 is 0 Å². The van der Waals surface area contributed by atoms with Crippen LogP contribution in [0.15, 0.2) is 30.5 Å². The Kier molecular flexibility index (Phi) is 2.82. The lowest BCUT2D eigenvalue weighted by Gasteiger charge is -2.21. The second kappa shape index (κ2) is 4.48. The van der Waals surface area contributed by atoms with Crippen LogP contribution >= 0.6 is 0 Å². The molecule has 0 spiro atoms. The average molecular weight is 242 g/mol. The Morgan fingerprint density at radius 2 is 2.28 bits per heavy atom. The van der Waals surface area contributed by atoms with Crippen molar-refractivity contribution in [2.75, 3.05) is 6.54 Å². The van der Waals surface area contributed by atoms with Crippen molar-refractivity contribution in [1.82, 2.24) is 9.88 Å². The van der Waals surface area contributed by atoms with Gasteiger partial charge in [-0.1, -0.05) is 18.2 Å². The monoisotopic (exact) mass is 242 g/mol. The fourth-order valence-corrected chi connectivity index (χ4v) is 2.85. The average Bonchev–Trinajstić information content (AvgIpc) is 2.97. The minimum absolute atomic E-state index is 0.254. The molecule has 3 rings (SSSR count). The molecule has 1 aliphatic rings. The van der Waals surface area contributed by atoms with Crippen LogP contribution in [-0.2, 0) is 11.2 Å². The number of carbonyl (C=O) groups excluding carboxylic acids is 1. The second-order valence-electron chi connectivity index (χ2n) is 5.11. The summed E-state index contributed by atoms with van der Waals surface area (Å²) in [5, 5.41) is 1.16. The number of likely N-dealkylation sites (tertiary alicyclic amines) is 1. The van der Waals surface area contributed by atoms with Crippen LogP contribution in [0.25, 0.3) is 10.9 Å². The van der Waals surface area contributed by atoms with Crippen LogP contribution < -0.4 is 0 Å². The van der Waals surface area contributed by atoms with Crippen molar-refractivity contribution < 1.29 is 4.79 Å². The van der Waals surface area contributed by atoms with Crippen LogP contribution in [0.2, 0.25) is 0 Å². The smallest absolute Gasteiger partial charge is 0.227 e. The Morgan fingerprint density at radius 3 is 3.06 bits per heavy atom. The Bertz CT molecular complexity index is 573. The van der Waals surface area contributed by atoms with Crippen LogP contribution in [0, 0.1) is 0 Å². The summed E-state index contributed by atoms with van der Waals surface area (Å²) in [6, 6.07) is 8.54. The van der Waals surface area contributed by atoms with E-state index >= 15 is 0 Å². The SMILES string of the molecule is CC1CCCN1C(=O)Cc1c[nH]c2ccccc12. The predicted octanol–water partition coefficient (Wildman–Crippen LogP) is 2.72.